The van der Waals surface area contributed by atoms with E-state index < -0.39 is 17.6 Å². The number of rotatable bonds is 6. The number of nitrogens with zero attached hydrogens (tertiary/aromatic N) is 2. The van der Waals surface area contributed by atoms with Gasteiger partial charge in [-0.05, 0) is 31.2 Å². The summed E-state index contributed by atoms with van der Waals surface area (Å²) >= 11 is 0. The van der Waals surface area contributed by atoms with E-state index in [2.05, 4.69) is 20.6 Å². The fourth-order valence-electron chi connectivity index (χ4n) is 2.96. The van der Waals surface area contributed by atoms with Crippen LogP contribution in [0.4, 0.5) is 27.7 Å². The van der Waals surface area contributed by atoms with E-state index in [1.54, 1.807) is 25.1 Å². The van der Waals surface area contributed by atoms with Crippen LogP contribution in [0.5, 0.6) is 0 Å². The molecule has 1 aromatic carbocycles. The van der Waals surface area contributed by atoms with Gasteiger partial charge in [-0.1, -0.05) is 0 Å². The van der Waals surface area contributed by atoms with E-state index >= 15 is 0 Å². The molecule has 0 aliphatic carbocycles. The van der Waals surface area contributed by atoms with Crippen LogP contribution < -0.4 is 21.1 Å². The van der Waals surface area contributed by atoms with Gasteiger partial charge in [-0.15, -0.1) is 0 Å². The predicted molar refractivity (Wildman–Crippen MR) is 114 cm³/mol. The number of aromatic amines is 1. The van der Waals surface area contributed by atoms with E-state index in [1.165, 1.54) is 7.11 Å². The van der Waals surface area contributed by atoms with Gasteiger partial charge in [0.1, 0.15) is 5.82 Å². The number of aliphatic imine (C=N–C) groups is 1. The number of methoxy groups -OCH3 is 1. The summed E-state index contributed by atoms with van der Waals surface area (Å²) in [6, 6.07) is 8.62. The van der Waals surface area contributed by atoms with Crippen LogP contribution in [0.15, 0.2) is 40.1 Å². The van der Waals surface area contributed by atoms with Gasteiger partial charge in [0, 0.05) is 18.8 Å². The number of hydrogen-bond donors (Lipinski definition) is 3. The van der Waals surface area contributed by atoms with E-state index in [0.29, 0.717) is 24.3 Å². The number of carbonyl (C=O) groups is 2. The maximum absolute atomic E-state index is 12.4. The summed E-state index contributed by atoms with van der Waals surface area (Å²) in [5, 5.41) is 5.63. The van der Waals surface area contributed by atoms with Gasteiger partial charge in [-0.25, -0.2) is 14.6 Å². The number of nitrogens with one attached hydrogen (secondary N) is 3. The molecule has 3 N–H and O–H groups in total. The van der Waals surface area contributed by atoms with Gasteiger partial charge in [-0.2, -0.15) is 0 Å². The lowest BCUT2D eigenvalue weighted by Crippen LogP contribution is -2.32. The molecule has 30 heavy (non-hydrogen) atoms. The second kappa shape index (κ2) is 9.12. The van der Waals surface area contributed by atoms with Crippen molar-refractivity contribution < 1.29 is 19.1 Å². The smallest absolute Gasteiger partial charge is 0.412 e. The summed E-state index contributed by atoms with van der Waals surface area (Å²) < 4.78 is 9.51. The van der Waals surface area contributed by atoms with Gasteiger partial charge in [-0.3, -0.25) is 10.1 Å². The normalized spacial score (nSPS) is 12.2. The Labute approximate surface area is 172 Å². The molecular weight excluding hydrogens is 390 g/mol. The molecule has 158 valence electrons. The molecule has 1 aliphatic heterocycles. The Hall–Kier alpha value is -3.82. The molecule has 1 amide bonds. The molecule has 1 aromatic heterocycles. The van der Waals surface area contributed by atoms with Crippen LogP contribution in [0, 0.1) is 0 Å². The summed E-state index contributed by atoms with van der Waals surface area (Å²) in [5.41, 5.74) is 2.48. The molecule has 10 heteroatoms. The van der Waals surface area contributed by atoms with Crippen molar-refractivity contribution in [2.45, 2.75) is 6.92 Å². The monoisotopic (exact) mass is 413 g/mol. The number of aromatic nitrogens is 1. The Kier molecular flexibility index (Phi) is 6.35. The largest absolute Gasteiger partial charge is 0.465 e. The Morgan fingerprint density at radius 2 is 2.00 bits per heavy atom. The molecule has 0 fully saturated rings. The first-order valence-corrected chi connectivity index (χ1v) is 9.32. The number of benzene rings is 1. The number of pyridine rings is 1. The number of amides is 1. The van der Waals surface area contributed by atoms with Crippen LogP contribution in [-0.2, 0) is 9.47 Å². The molecule has 3 rings (SSSR count). The van der Waals surface area contributed by atoms with Gasteiger partial charge in [0.2, 0.25) is 0 Å². The van der Waals surface area contributed by atoms with Crippen LogP contribution in [0.1, 0.15) is 17.3 Å². The van der Waals surface area contributed by atoms with Gasteiger partial charge in [0.25, 0.3) is 5.56 Å². The van der Waals surface area contributed by atoms with Crippen molar-refractivity contribution in [2.24, 2.45) is 4.99 Å². The molecule has 0 atom stereocenters. The third-order valence-corrected chi connectivity index (χ3v) is 4.42. The van der Waals surface area contributed by atoms with Crippen molar-refractivity contribution in [3.63, 3.8) is 0 Å². The zero-order valence-corrected chi connectivity index (χ0v) is 16.9. The third kappa shape index (κ3) is 4.77. The van der Waals surface area contributed by atoms with Crippen molar-refractivity contribution in [3.8, 4) is 0 Å². The highest BCUT2D eigenvalue weighted by molar-refractivity contribution is 5.98. The summed E-state index contributed by atoms with van der Waals surface area (Å²) in [4.78, 5) is 44.5. The van der Waals surface area contributed by atoms with Crippen molar-refractivity contribution in [3.05, 3.63) is 46.2 Å². The first-order chi connectivity index (χ1) is 14.4. The summed E-state index contributed by atoms with van der Waals surface area (Å²) in [7, 11) is 3.23. The SMILES string of the molecule is CCOC(=O)Nc1cc2c(c(=O)[nH]1)N=C(CN(C)c1ccc(C(=O)OC)cc1)CN2. The number of ether oxygens (including phenoxy) is 2. The molecule has 0 saturated heterocycles. The van der Waals surface area contributed by atoms with Crippen molar-refractivity contribution in [1.82, 2.24) is 4.98 Å². The Balaban J connectivity index is 1.73. The maximum Gasteiger partial charge on any atom is 0.412 e. The highest BCUT2D eigenvalue weighted by atomic mass is 16.5. The van der Waals surface area contributed by atoms with E-state index in [0.717, 1.165) is 11.4 Å². The molecule has 2 aromatic rings. The first kappa shape index (κ1) is 20.9. The Bertz CT molecular complexity index is 1030. The second-order valence-corrected chi connectivity index (χ2v) is 6.55. The van der Waals surface area contributed by atoms with Crippen molar-refractivity contribution in [1.29, 1.82) is 0 Å². The van der Waals surface area contributed by atoms with Gasteiger partial charge in [0.05, 0.1) is 43.8 Å². The average molecular weight is 413 g/mol. The van der Waals surface area contributed by atoms with Crippen LogP contribution >= 0.6 is 0 Å². The number of hydrogen-bond acceptors (Lipinski definition) is 8. The minimum absolute atomic E-state index is 0.228. The van der Waals surface area contributed by atoms with Gasteiger partial charge in [0.15, 0.2) is 5.69 Å². The van der Waals surface area contributed by atoms with Crippen molar-refractivity contribution in [2.75, 3.05) is 49.4 Å². The molecule has 0 unspecified atom stereocenters. The van der Waals surface area contributed by atoms with Gasteiger partial charge < -0.3 is 24.7 Å². The Morgan fingerprint density at radius 3 is 2.67 bits per heavy atom. The first-order valence-electron chi connectivity index (χ1n) is 9.32. The number of fused-ring (bicyclic) bond motifs is 1. The second-order valence-electron chi connectivity index (χ2n) is 6.55. The predicted octanol–water partition coefficient (Wildman–Crippen LogP) is 2.36. The Morgan fingerprint density at radius 1 is 1.27 bits per heavy atom. The van der Waals surface area contributed by atoms with Crippen LogP contribution in [0.3, 0.4) is 0 Å². The summed E-state index contributed by atoms with van der Waals surface area (Å²) in [5.74, 6) is -0.163. The summed E-state index contributed by atoms with van der Waals surface area (Å²) in [6.45, 7) is 2.84. The maximum atomic E-state index is 12.4. The van der Waals surface area contributed by atoms with E-state index in [4.69, 9.17) is 9.47 Å². The number of esters is 1. The van der Waals surface area contributed by atoms with Crippen LogP contribution in [0.2, 0.25) is 0 Å². The minimum Gasteiger partial charge on any atom is -0.465 e. The minimum atomic E-state index is -0.645. The standard InChI is InChI=1S/C20H23N5O5/c1-4-30-20(28)24-16-9-15-17(18(26)23-16)22-13(10-21-15)11-25(2)14-7-5-12(6-8-14)19(27)29-3/h5-9,21H,4,10-11H2,1-3H3,(H2,23,24,26,28). The highest BCUT2D eigenvalue weighted by Gasteiger charge is 2.18. The van der Waals surface area contributed by atoms with Crippen LogP contribution in [0.25, 0.3) is 0 Å². The van der Waals surface area contributed by atoms with E-state index in [-0.39, 0.29) is 18.1 Å². The molecule has 10 nitrogen and oxygen atoms in total. The topological polar surface area (TPSA) is 125 Å². The lowest BCUT2D eigenvalue weighted by atomic mass is 10.2. The van der Waals surface area contributed by atoms with Crippen molar-refractivity contribution >= 4 is 40.7 Å². The fourth-order valence-corrected chi connectivity index (χ4v) is 2.96. The molecule has 2 heterocycles. The average Bonchev–Trinajstić information content (AvgIpc) is 2.74. The quantitative estimate of drug-likeness (QED) is 0.621. The van der Waals surface area contributed by atoms with E-state index in [1.807, 2.05) is 24.1 Å². The lowest BCUT2D eigenvalue weighted by Gasteiger charge is -2.24. The fraction of sp³-hybridized carbons (Fsp3) is 0.300. The van der Waals surface area contributed by atoms with E-state index in [9.17, 15) is 14.4 Å². The molecule has 0 spiro atoms. The lowest BCUT2D eigenvalue weighted by molar-refractivity contribution is 0.0600. The number of H-pyrrole nitrogens is 1. The zero-order chi connectivity index (χ0) is 21.7. The highest BCUT2D eigenvalue weighted by Crippen LogP contribution is 2.26. The molecule has 0 saturated carbocycles. The molecule has 1 aliphatic rings. The summed E-state index contributed by atoms with van der Waals surface area (Å²) in [6.07, 6.45) is -0.645. The van der Waals surface area contributed by atoms with Gasteiger partial charge >= 0.3 is 12.1 Å². The molecule has 0 bridgehead atoms. The zero-order valence-electron chi connectivity index (χ0n) is 16.9. The van der Waals surface area contributed by atoms with Crippen LogP contribution in [-0.4, -0.2) is 56.6 Å². The third-order valence-electron chi connectivity index (χ3n) is 4.42. The molecular formula is C20H23N5O5. The number of carbonyl (C=O) groups excluding carboxylic acids is 2. The number of anilines is 3. The molecule has 0 radical (unpaired) electrons.